The molecule has 2 atom stereocenters. The van der Waals surface area contributed by atoms with Crippen molar-refractivity contribution in [2.45, 2.75) is 33.2 Å². The number of hydrogen-bond donors (Lipinski definition) is 2. The highest BCUT2D eigenvalue weighted by Crippen LogP contribution is 2.35. The van der Waals surface area contributed by atoms with E-state index >= 15 is 0 Å². The molecule has 0 radical (unpaired) electrons. The first-order chi connectivity index (χ1) is 15.9. The number of aryl methyl sites for hydroxylation is 1. The number of amides is 1. The molecular weight excluding hydrogens is 416 g/mol. The smallest absolute Gasteiger partial charge is 0.268 e. The van der Waals surface area contributed by atoms with Crippen molar-refractivity contribution in [1.82, 2.24) is 19.8 Å². The molecule has 0 aromatic carbocycles. The summed E-state index contributed by atoms with van der Waals surface area (Å²) >= 11 is 0. The number of aromatic nitrogens is 2. The number of pyridine rings is 1. The number of anilines is 2. The van der Waals surface area contributed by atoms with Crippen LogP contribution >= 0.6 is 0 Å². The molecule has 2 aliphatic heterocycles. The van der Waals surface area contributed by atoms with Crippen LogP contribution in [0.25, 0.3) is 0 Å². The normalized spacial score (nSPS) is 20.2. The molecule has 4 rings (SSSR count). The summed E-state index contributed by atoms with van der Waals surface area (Å²) in [7, 11) is 2.15. The van der Waals surface area contributed by atoms with Gasteiger partial charge in [0.1, 0.15) is 17.3 Å². The van der Waals surface area contributed by atoms with Crippen LogP contribution in [0.4, 0.5) is 17.3 Å². The highest BCUT2D eigenvalue weighted by Gasteiger charge is 2.31. The Morgan fingerprint density at radius 3 is 2.73 bits per heavy atom. The summed E-state index contributed by atoms with van der Waals surface area (Å²) in [6.45, 7) is 14.7. The van der Waals surface area contributed by atoms with E-state index < -0.39 is 0 Å². The quantitative estimate of drug-likeness (QED) is 0.540. The minimum Gasteiger partial charge on any atom is -0.368 e. The van der Waals surface area contributed by atoms with Crippen molar-refractivity contribution < 1.29 is 4.79 Å². The zero-order chi connectivity index (χ0) is 23.5. The van der Waals surface area contributed by atoms with E-state index in [1.807, 2.05) is 25.3 Å². The van der Waals surface area contributed by atoms with E-state index in [0.717, 1.165) is 49.7 Å². The lowest BCUT2D eigenvalue weighted by molar-refractivity contribution is 0.0903. The zero-order valence-electron chi connectivity index (χ0n) is 20.0. The third-order valence-corrected chi connectivity index (χ3v) is 6.75. The van der Waals surface area contributed by atoms with Crippen LogP contribution in [0.15, 0.2) is 34.4 Å². The van der Waals surface area contributed by atoms with Crippen molar-refractivity contribution >= 4 is 35.9 Å². The van der Waals surface area contributed by atoms with Gasteiger partial charge in [-0.15, -0.1) is 0 Å². The SMILES string of the molecule is C=NC(=Nc1c(C)cc2n1[C@@H](C(C)CC)CNC2=O)Nc1ccc(N2CCN(C)CC2)cn1. The Kier molecular flexibility index (Phi) is 6.78. The maximum Gasteiger partial charge on any atom is 0.268 e. The van der Waals surface area contributed by atoms with E-state index in [2.05, 4.69) is 68.7 Å². The van der Waals surface area contributed by atoms with Crippen LogP contribution in [-0.2, 0) is 0 Å². The maximum absolute atomic E-state index is 12.5. The molecule has 1 fully saturated rings. The standard InChI is InChI=1S/C24H34N8O/c1-6-16(2)20-15-27-23(33)19-13-17(3)22(32(19)20)29-24(25-4)28-21-8-7-18(14-26-21)31-11-9-30(5)10-12-31/h7-8,13-14,16,20H,4,6,9-12,15H2,1-3,5H3,(H,27,33)(H,26,28,29)/t16?,20-/m1/s1. The van der Waals surface area contributed by atoms with Gasteiger partial charge in [-0.2, -0.15) is 4.99 Å². The zero-order valence-corrected chi connectivity index (χ0v) is 20.0. The van der Waals surface area contributed by atoms with Crippen molar-refractivity contribution in [2.24, 2.45) is 15.9 Å². The molecule has 0 aliphatic carbocycles. The van der Waals surface area contributed by atoms with Crippen molar-refractivity contribution in [3.8, 4) is 0 Å². The van der Waals surface area contributed by atoms with Crippen LogP contribution in [0.3, 0.4) is 0 Å². The Morgan fingerprint density at radius 2 is 2.09 bits per heavy atom. The van der Waals surface area contributed by atoms with Gasteiger partial charge in [-0.25, -0.2) is 9.98 Å². The number of nitrogens with one attached hydrogen (secondary N) is 2. The van der Waals surface area contributed by atoms with Crippen molar-refractivity contribution in [3.63, 3.8) is 0 Å². The number of piperazine rings is 1. The fourth-order valence-electron chi connectivity index (χ4n) is 4.43. The molecule has 2 aromatic heterocycles. The van der Waals surface area contributed by atoms with Gasteiger partial charge in [-0.3, -0.25) is 4.79 Å². The summed E-state index contributed by atoms with van der Waals surface area (Å²) in [5.41, 5.74) is 2.68. The van der Waals surface area contributed by atoms with Gasteiger partial charge in [0.05, 0.1) is 17.9 Å². The lowest BCUT2D eigenvalue weighted by Gasteiger charge is -2.33. The molecule has 4 heterocycles. The molecule has 0 spiro atoms. The summed E-state index contributed by atoms with van der Waals surface area (Å²) in [6, 6.07) is 6.04. The number of hydrogen-bond acceptors (Lipinski definition) is 5. The second kappa shape index (κ2) is 9.74. The second-order valence-electron chi connectivity index (χ2n) is 8.98. The van der Waals surface area contributed by atoms with Crippen LogP contribution in [0, 0.1) is 12.8 Å². The van der Waals surface area contributed by atoms with Crippen molar-refractivity contribution in [2.75, 3.05) is 50.0 Å². The predicted molar refractivity (Wildman–Crippen MR) is 134 cm³/mol. The molecule has 1 saturated heterocycles. The van der Waals surface area contributed by atoms with Gasteiger partial charge >= 0.3 is 0 Å². The third-order valence-electron chi connectivity index (χ3n) is 6.75. The van der Waals surface area contributed by atoms with Gasteiger partial charge in [-0.1, -0.05) is 20.3 Å². The number of rotatable bonds is 5. The number of aliphatic imine (C=N–C) groups is 2. The van der Waals surface area contributed by atoms with Gasteiger partial charge in [0.25, 0.3) is 5.91 Å². The molecule has 1 amide bonds. The highest BCUT2D eigenvalue weighted by molar-refractivity contribution is 5.98. The first kappa shape index (κ1) is 23.0. The average molecular weight is 451 g/mol. The largest absolute Gasteiger partial charge is 0.368 e. The lowest BCUT2D eigenvalue weighted by atomic mass is 9.97. The maximum atomic E-state index is 12.5. The molecule has 0 bridgehead atoms. The summed E-state index contributed by atoms with van der Waals surface area (Å²) in [6.07, 6.45) is 2.89. The monoisotopic (exact) mass is 450 g/mol. The van der Waals surface area contributed by atoms with Crippen molar-refractivity contribution in [3.05, 3.63) is 35.7 Å². The van der Waals surface area contributed by atoms with E-state index in [1.165, 1.54) is 0 Å². The third kappa shape index (κ3) is 4.78. The molecule has 2 aliphatic rings. The Labute approximate surface area is 195 Å². The minimum absolute atomic E-state index is 0.0682. The summed E-state index contributed by atoms with van der Waals surface area (Å²) < 4.78 is 2.05. The van der Waals surface area contributed by atoms with E-state index in [4.69, 9.17) is 4.99 Å². The second-order valence-corrected chi connectivity index (χ2v) is 8.98. The van der Waals surface area contributed by atoms with E-state index in [-0.39, 0.29) is 11.9 Å². The number of carbonyl (C=O) groups is 1. The molecule has 0 saturated carbocycles. The van der Waals surface area contributed by atoms with Crippen LogP contribution in [0.1, 0.15) is 42.4 Å². The molecule has 2 N–H and O–H groups in total. The van der Waals surface area contributed by atoms with Crippen LogP contribution in [0.2, 0.25) is 0 Å². The predicted octanol–water partition coefficient (Wildman–Crippen LogP) is 3.07. The summed E-state index contributed by atoms with van der Waals surface area (Å²) in [5, 5.41) is 6.19. The fourth-order valence-corrected chi connectivity index (χ4v) is 4.43. The van der Waals surface area contributed by atoms with Gasteiger partial charge in [0, 0.05) is 32.7 Å². The molecular formula is C24H34N8O. The van der Waals surface area contributed by atoms with Gasteiger partial charge < -0.3 is 25.0 Å². The molecule has 176 valence electrons. The van der Waals surface area contributed by atoms with Gasteiger partial charge in [0.15, 0.2) is 0 Å². The highest BCUT2D eigenvalue weighted by atomic mass is 16.2. The molecule has 2 aromatic rings. The van der Waals surface area contributed by atoms with Crippen LogP contribution in [0.5, 0.6) is 0 Å². The molecule has 33 heavy (non-hydrogen) atoms. The lowest BCUT2D eigenvalue weighted by Crippen LogP contribution is -2.44. The van der Waals surface area contributed by atoms with Crippen molar-refractivity contribution in [1.29, 1.82) is 0 Å². The minimum atomic E-state index is -0.0682. The molecule has 1 unspecified atom stereocenters. The van der Waals surface area contributed by atoms with Gasteiger partial charge in [-0.05, 0) is 50.4 Å². The first-order valence-electron chi connectivity index (χ1n) is 11.6. The average Bonchev–Trinajstić information content (AvgIpc) is 3.16. The van der Waals surface area contributed by atoms with E-state index in [1.54, 1.807) is 0 Å². The Morgan fingerprint density at radius 1 is 1.33 bits per heavy atom. The number of nitrogens with zero attached hydrogens (tertiary/aromatic N) is 6. The van der Waals surface area contributed by atoms with E-state index in [9.17, 15) is 4.79 Å². The van der Waals surface area contributed by atoms with Crippen LogP contribution < -0.4 is 15.5 Å². The summed E-state index contributed by atoms with van der Waals surface area (Å²) in [4.78, 5) is 30.6. The number of carbonyl (C=O) groups excluding carboxylic acids is 1. The Balaban J connectivity index is 1.57. The molecule has 9 nitrogen and oxygen atoms in total. The Bertz CT molecular complexity index is 1030. The first-order valence-corrected chi connectivity index (χ1v) is 11.6. The summed E-state index contributed by atoms with van der Waals surface area (Å²) in [5.74, 6) is 2.06. The van der Waals surface area contributed by atoms with E-state index in [0.29, 0.717) is 29.9 Å². The van der Waals surface area contributed by atoms with Gasteiger partial charge in [0.2, 0.25) is 5.96 Å². The Hall–Kier alpha value is -3.20. The fraction of sp³-hybridized carbons (Fsp3) is 0.500. The van der Waals surface area contributed by atoms with Crippen LogP contribution in [-0.4, -0.2) is 72.8 Å². The molecule has 9 heteroatoms. The topological polar surface area (TPSA) is 90.1 Å². The number of fused-ring (bicyclic) bond motifs is 1. The number of likely N-dealkylation sites (N-methyl/N-ethyl adjacent to an activating group) is 1. The number of guanidine groups is 1.